The smallest absolute Gasteiger partial charge is 0.306 e. The van der Waals surface area contributed by atoms with Gasteiger partial charge in [-0.2, -0.15) is 0 Å². The summed E-state index contributed by atoms with van der Waals surface area (Å²) in [5.74, 6) is -0.288. The third-order valence-electron chi connectivity index (χ3n) is 6.78. The van der Waals surface area contributed by atoms with E-state index in [1.54, 1.807) is 0 Å². The van der Waals surface area contributed by atoms with Crippen LogP contribution in [0.4, 0.5) is 0 Å². The highest BCUT2D eigenvalue weighted by atomic mass is 16.6. The lowest BCUT2D eigenvalue weighted by atomic mass is 10.1. The van der Waals surface area contributed by atoms with Crippen molar-refractivity contribution in [2.45, 2.75) is 142 Å². The first-order valence-electron chi connectivity index (χ1n) is 17.0. The molecule has 240 valence electrons. The molecule has 0 rings (SSSR count). The van der Waals surface area contributed by atoms with Gasteiger partial charge in [0.2, 0.25) is 0 Å². The number of carbonyl (C=O) groups excluding carboxylic acids is 1. The molecule has 1 atom stereocenters. The highest BCUT2D eigenvalue weighted by Gasteiger charge is 2.13. The molecule has 0 spiro atoms. The molecule has 0 aliphatic rings. The second-order valence-corrected chi connectivity index (χ2v) is 10.8. The molecular formula is C38H64O4. The van der Waals surface area contributed by atoms with Crippen molar-refractivity contribution in [3.63, 3.8) is 0 Å². The second kappa shape index (κ2) is 35.0. The normalized spacial score (nSPS) is 13.3. The van der Waals surface area contributed by atoms with Gasteiger partial charge in [-0.3, -0.25) is 4.79 Å². The molecule has 0 fully saturated rings. The van der Waals surface area contributed by atoms with Crippen molar-refractivity contribution >= 4 is 5.97 Å². The fourth-order valence-corrected chi connectivity index (χ4v) is 4.25. The molecule has 0 saturated heterocycles. The van der Waals surface area contributed by atoms with Crippen molar-refractivity contribution in [1.29, 1.82) is 0 Å². The fraction of sp³-hybridized carbons (Fsp3) is 0.658. The first kappa shape index (κ1) is 39.8. The standard InChI is InChI=1S/C38H64O4/c1-3-5-7-9-11-13-15-17-18-19-20-22-24-26-28-30-32-34-41-36-37(35-39)42-38(40)33-31-29-27-25-23-21-16-14-12-10-8-6-4-2/h6,8,12-15,18-19,21,23,27,29,37,39H,3-5,7,9-11,16-17,20,22,24-26,28,30-36H2,1-2H3/b8-6-,14-12-,15-13-,19-18-,23-21-,29-27-. The summed E-state index contributed by atoms with van der Waals surface area (Å²) in [4.78, 5) is 12.1. The molecule has 1 N–H and O–H groups in total. The number of rotatable bonds is 30. The van der Waals surface area contributed by atoms with Gasteiger partial charge in [0.1, 0.15) is 6.10 Å². The van der Waals surface area contributed by atoms with Crippen LogP contribution in [-0.4, -0.2) is 37.0 Å². The van der Waals surface area contributed by atoms with Gasteiger partial charge in [0, 0.05) is 13.0 Å². The molecule has 0 aromatic carbocycles. The molecule has 0 aromatic rings. The van der Waals surface area contributed by atoms with Gasteiger partial charge in [-0.15, -0.1) is 0 Å². The topological polar surface area (TPSA) is 55.8 Å². The van der Waals surface area contributed by atoms with Crippen LogP contribution < -0.4 is 0 Å². The molecule has 4 nitrogen and oxygen atoms in total. The molecule has 42 heavy (non-hydrogen) atoms. The Bertz CT molecular complexity index is 744. The zero-order valence-electron chi connectivity index (χ0n) is 27.2. The average molecular weight is 585 g/mol. The van der Waals surface area contributed by atoms with Gasteiger partial charge in [0.25, 0.3) is 0 Å². The maximum Gasteiger partial charge on any atom is 0.306 e. The number of esters is 1. The molecule has 0 heterocycles. The van der Waals surface area contributed by atoms with Crippen LogP contribution in [0.25, 0.3) is 0 Å². The highest BCUT2D eigenvalue weighted by Crippen LogP contribution is 2.09. The predicted molar refractivity (Wildman–Crippen MR) is 182 cm³/mol. The van der Waals surface area contributed by atoms with Crippen molar-refractivity contribution in [2.24, 2.45) is 0 Å². The van der Waals surface area contributed by atoms with Crippen LogP contribution in [0.3, 0.4) is 0 Å². The number of carbonyl (C=O) groups is 1. The summed E-state index contributed by atoms with van der Waals surface area (Å²) < 4.78 is 11.0. The SMILES string of the molecule is CC/C=C\C/C=C\C/C=C\C/C=C\CCC(=O)OC(CO)COCCCCCCCC/C=C\C/C=C\CCCCCC. The van der Waals surface area contributed by atoms with Crippen LogP contribution in [0.2, 0.25) is 0 Å². The van der Waals surface area contributed by atoms with Gasteiger partial charge in [0.05, 0.1) is 13.2 Å². The third-order valence-corrected chi connectivity index (χ3v) is 6.78. The van der Waals surface area contributed by atoms with Crippen molar-refractivity contribution in [2.75, 3.05) is 19.8 Å². The van der Waals surface area contributed by atoms with Crippen LogP contribution in [-0.2, 0) is 14.3 Å². The summed E-state index contributed by atoms with van der Waals surface area (Å²) in [6, 6.07) is 0. The van der Waals surface area contributed by atoms with Gasteiger partial charge in [-0.25, -0.2) is 0 Å². The minimum atomic E-state index is -0.579. The van der Waals surface area contributed by atoms with Crippen LogP contribution in [0.1, 0.15) is 136 Å². The van der Waals surface area contributed by atoms with E-state index in [0.717, 1.165) is 44.9 Å². The molecule has 1 unspecified atom stereocenters. The number of aliphatic hydroxyl groups is 1. The fourth-order valence-electron chi connectivity index (χ4n) is 4.25. The predicted octanol–water partition coefficient (Wildman–Crippen LogP) is 10.7. The van der Waals surface area contributed by atoms with E-state index in [4.69, 9.17) is 9.47 Å². The minimum Gasteiger partial charge on any atom is -0.457 e. The quantitative estimate of drug-likeness (QED) is 0.0518. The Morgan fingerprint density at radius 2 is 1.07 bits per heavy atom. The van der Waals surface area contributed by atoms with Crippen LogP contribution >= 0.6 is 0 Å². The summed E-state index contributed by atoms with van der Waals surface area (Å²) in [6.45, 7) is 5.09. The van der Waals surface area contributed by atoms with E-state index in [9.17, 15) is 9.90 Å². The van der Waals surface area contributed by atoms with Gasteiger partial charge in [0.15, 0.2) is 0 Å². The van der Waals surface area contributed by atoms with E-state index in [2.05, 4.69) is 80.7 Å². The largest absolute Gasteiger partial charge is 0.457 e. The Morgan fingerprint density at radius 1 is 0.595 bits per heavy atom. The summed E-state index contributed by atoms with van der Waals surface area (Å²) in [6.07, 6.45) is 46.6. The Morgan fingerprint density at radius 3 is 1.62 bits per heavy atom. The van der Waals surface area contributed by atoms with Gasteiger partial charge in [-0.05, 0) is 70.6 Å². The highest BCUT2D eigenvalue weighted by molar-refractivity contribution is 5.69. The second-order valence-electron chi connectivity index (χ2n) is 10.8. The number of unbranched alkanes of at least 4 members (excludes halogenated alkanes) is 10. The summed E-state index contributed by atoms with van der Waals surface area (Å²) in [5, 5.41) is 9.52. The van der Waals surface area contributed by atoms with Gasteiger partial charge >= 0.3 is 5.97 Å². The van der Waals surface area contributed by atoms with Gasteiger partial charge < -0.3 is 14.6 Å². The average Bonchev–Trinajstić information content (AvgIpc) is 3.00. The number of hydrogen-bond donors (Lipinski definition) is 1. The maximum atomic E-state index is 12.1. The number of allylic oxidation sites excluding steroid dienone is 12. The Hall–Kier alpha value is -2.17. The summed E-state index contributed by atoms with van der Waals surface area (Å²) >= 11 is 0. The monoisotopic (exact) mass is 584 g/mol. The van der Waals surface area contributed by atoms with E-state index in [1.807, 2.05) is 6.08 Å². The van der Waals surface area contributed by atoms with Crippen molar-refractivity contribution < 1.29 is 19.4 Å². The number of aliphatic hydroxyl groups excluding tert-OH is 1. The Balaban J connectivity index is 3.60. The van der Waals surface area contributed by atoms with E-state index in [0.29, 0.717) is 19.4 Å². The molecule has 0 aromatic heterocycles. The zero-order valence-corrected chi connectivity index (χ0v) is 27.2. The first-order valence-corrected chi connectivity index (χ1v) is 17.0. The molecule has 0 aliphatic carbocycles. The Labute approximate surface area is 259 Å². The third kappa shape index (κ3) is 32.3. The lowest BCUT2D eigenvalue weighted by Crippen LogP contribution is -2.27. The van der Waals surface area contributed by atoms with E-state index in [-0.39, 0.29) is 19.2 Å². The van der Waals surface area contributed by atoms with Crippen LogP contribution in [0.15, 0.2) is 72.9 Å². The Kier molecular flexibility index (Phi) is 33.2. The zero-order chi connectivity index (χ0) is 30.6. The van der Waals surface area contributed by atoms with Crippen molar-refractivity contribution in [3.05, 3.63) is 72.9 Å². The lowest BCUT2D eigenvalue weighted by molar-refractivity contribution is -0.154. The van der Waals surface area contributed by atoms with E-state index in [1.165, 1.54) is 64.2 Å². The summed E-state index contributed by atoms with van der Waals surface area (Å²) in [5.41, 5.74) is 0. The van der Waals surface area contributed by atoms with Crippen LogP contribution in [0.5, 0.6) is 0 Å². The number of hydrogen-bond acceptors (Lipinski definition) is 4. The molecule has 0 aliphatic heterocycles. The number of ether oxygens (including phenoxy) is 2. The molecule has 0 amide bonds. The van der Waals surface area contributed by atoms with Crippen molar-refractivity contribution in [3.8, 4) is 0 Å². The molecular weight excluding hydrogens is 520 g/mol. The minimum absolute atomic E-state index is 0.209. The van der Waals surface area contributed by atoms with Crippen molar-refractivity contribution in [1.82, 2.24) is 0 Å². The lowest BCUT2D eigenvalue weighted by Gasteiger charge is -2.15. The van der Waals surface area contributed by atoms with Crippen LogP contribution in [0, 0.1) is 0 Å². The van der Waals surface area contributed by atoms with Gasteiger partial charge in [-0.1, -0.05) is 132 Å². The van der Waals surface area contributed by atoms with E-state index >= 15 is 0 Å². The molecule has 0 saturated carbocycles. The van der Waals surface area contributed by atoms with E-state index < -0.39 is 6.10 Å². The molecule has 4 heteroatoms. The first-order chi connectivity index (χ1) is 20.7. The summed E-state index contributed by atoms with van der Waals surface area (Å²) in [7, 11) is 0. The molecule has 0 bridgehead atoms. The molecule has 0 radical (unpaired) electrons. The maximum absolute atomic E-state index is 12.1.